The van der Waals surface area contributed by atoms with Crippen molar-refractivity contribution >= 4 is 33.4 Å². The number of hydrogen-bond acceptors (Lipinski definition) is 4. The second-order valence-corrected chi connectivity index (χ2v) is 5.65. The molecule has 2 aromatic carbocycles. The van der Waals surface area contributed by atoms with Crippen molar-refractivity contribution in [1.29, 1.82) is 5.26 Å². The highest BCUT2D eigenvalue weighted by molar-refractivity contribution is 6.07. The van der Waals surface area contributed by atoms with Gasteiger partial charge < -0.3 is 5.32 Å². The summed E-state index contributed by atoms with van der Waals surface area (Å²) in [6.45, 7) is 0. The van der Waals surface area contributed by atoms with E-state index < -0.39 is 23.1 Å². The molecule has 0 aliphatic rings. The van der Waals surface area contributed by atoms with Crippen molar-refractivity contribution in [3.05, 3.63) is 53.4 Å². The van der Waals surface area contributed by atoms with Crippen LogP contribution in [0.2, 0.25) is 0 Å². The number of amides is 1. The van der Waals surface area contributed by atoms with E-state index in [0.29, 0.717) is 10.9 Å². The van der Waals surface area contributed by atoms with Crippen molar-refractivity contribution in [3.63, 3.8) is 0 Å². The molecule has 2 N–H and O–H groups in total. The zero-order valence-electron chi connectivity index (χ0n) is 13.3. The van der Waals surface area contributed by atoms with E-state index in [1.54, 1.807) is 13.1 Å². The highest BCUT2D eigenvalue weighted by atomic mass is 19.1. The van der Waals surface area contributed by atoms with Crippen LogP contribution in [0.15, 0.2) is 30.5 Å². The summed E-state index contributed by atoms with van der Waals surface area (Å²) in [6, 6.07) is 7.64. The Morgan fingerprint density at radius 2 is 2.12 bits per heavy atom. The number of carbonyl (C=O) groups excluding carboxylic acids is 1. The fraction of sp³-hybridized carbons (Fsp3) is 0.0588. The van der Waals surface area contributed by atoms with Crippen LogP contribution in [0.25, 0.3) is 21.8 Å². The summed E-state index contributed by atoms with van der Waals surface area (Å²) in [5, 5.41) is 22.4. The van der Waals surface area contributed by atoms with Gasteiger partial charge in [-0.05, 0) is 18.2 Å². The normalized spacial score (nSPS) is 11.0. The Labute approximate surface area is 144 Å². The molecule has 4 aromatic rings. The SMILES string of the molecule is Cn1ncc2c(F)c(C(=O)Nc3ccc4[nH]nc(C#N)c4c3)c(F)cc21. The molecule has 2 aromatic heterocycles. The minimum absolute atomic E-state index is 0.0519. The number of rotatable bonds is 2. The van der Waals surface area contributed by atoms with Gasteiger partial charge in [0.15, 0.2) is 5.69 Å². The summed E-state index contributed by atoms with van der Waals surface area (Å²) in [6.07, 6.45) is 1.23. The van der Waals surface area contributed by atoms with Gasteiger partial charge in [0.05, 0.1) is 22.6 Å². The average Bonchev–Trinajstić information content (AvgIpc) is 3.18. The van der Waals surface area contributed by atoms with E-state index in [9.17, 15) is 13.6 Å². The monoisotopic (exact) mass is 352 g/mol. The summed E-state index contributed by atoms with van der Waals surface area (Å²) in [5.41, 5.74) is 0.595. The van der Waals surface area contributed by atoms with Crippen LogP contribution in [0.1, 0.15) is 16.1 Å². The third-order valence-electron chi connectivity index (χ3n) is 4.10. The Balaban J connectivity index is 1.75. The molecule has 4 rings (SSSR count). The second kappa shape index (κ2) is 5.63. The van der Waals surface area contributed by atoms with Gasteiger partial charge in [0.1, 0.15) is 23.3 Å². The van der Waals surface area contributed by atoms with Gasteiger partial charge in [-0.25, -0.2) is 8.78 Å². The number of aromatic amines is 1. The molecule has 1 amide bonds. The standard InChI is InChI=1S/C17H10F2N6O/c1-25-14-5-11(18)15(16(19)10(14)7-21-25)17(26)22-8-2-3-12-9(4-8)13(6-20)24-23-12/h2-5,7H,1H3,(H,22,26)(H,23,24). The number of hydrogen-bond donors (Lipinski definition) is 2. The van der Waals surface area contributed by atoms with E-state index in [1.165, 1.54) is 23.0 Å². The van der Waals surface area contributed by atoms with Crippen molar-refractivity contribution in [3.8, 4) is 6.07 Å². The molecular weight excluding hydrogens is 342 g/mol. The molecule has 0 fully saturated rings. The Morgan fingerprint density at radius 1 is 1.31 bits per heavy atom. The summed E-state index contributed by atoms with van der Waals surface area (Å²) < 4.78 is 30.2. The minimum atomic E-state index is -0.988. The topological polar surface area (TPSA) is 99.4 Å². The zero-order chi connectivity index (χ0) is 18.4. The largest absolute Gasteiger partial charge is 0.322 e. The molecule has 26 heavy (non-hydrogen) atoms. The van der Waals surface area contributed by atoms with Crippen molar-refractivity contribution in [2.24, 2.45) is 7.05 Å². The number of benzene rings is 2. The van der Waals surface area contributed by atoms with Crippen molar-refractivity contribution < 1.29 is 13.6 Å². The molecule has 0 unspecified atom stereocenters. The molecular formula is C17H10F2N6O. The highest BCUT2D eigenvalue weighted by Crippen LogP contribution is 2.25. The lowest BCUT2D eigenvalue weighted by atomic mass is 10.1. The van der Waals surface area contributed by atoms with Crippen LogP contribution in [-0.2, 0) is 7.05 Å². The van der Waals surface area contributed by atoms with E-state index >= 15 is 0 Å². The summed E-state index contributed by atoms with van der Waals surface area (Å²) in [4.78, 5) is 12.4. The number of aromatic nitrogens is 4. The number of nitrogens with one attached hydrogen (secondary N) is 2. The molecule has 0 aliphatic carbocycles. The lowest BCUT2D eigenvalue weighted by molar-refractivity contribution is 0.101. The number of anilines is 1. The molecule has 7 nitrogen and oxygen atoms in total. The molecule has 0 spiro atoms. The van der Waals surface area contributed by atoms with Crippen molar-refractivity contribution in [2.75, 3.05) is 5.32 Å². The van der Waals surface area contributed by atoms with Gasteiger partial charge in [0.2, 0.25) is 0 Å². The maximum atomic E-state index is 14.6. The van der Waals surface area contributed by atoms with Crippen LogP contribution in [0.4, 0.5) is 14.5 Å². The van der Waals surface area contributed by atoms with Gasteiger partial charge in [-0.15, -0.1) is 0 Å². The Bertz CT molecular complexity index is 1230. The first kappa shape index (κ1) is 15.7. The number of nitriles is 1. The fourth-order valence-electron chi connectivity index (χ4n) is 2.80. The van der Waals surface area contributed by atoms with Gasteiger partial charge in [0.25, 0.3) is 5.91 Å². The third kappa shape index (κ3) is 2.28. The molecule has 128 valence electrons. The van der Waals surface area contributed by atoms with Gasteiger partial charge in [-0.2, -0.15) is 15.5 Å². The molecule has 0 saturated heterocycles. The fourth-order valence-corrected chi connectivity index (χ4v) is 2.80. The molecule has 0 saturated carbocycles. The van der Waals surface area contributed by atoms with E-state index in [2.05, 4.69) is 20.6 Å². The van der Waals surface area contributed by atoms with Crippen LogP contribution >= 0.6 is 0 Å². The lowest BCUT2D eigenvalue weighted by Crippen LogP contribution is -2.16. The van der Waals surface area contributed by atoms with Gasteiger partial charge >= 0.3 is 0 Å². The number of H-pyrrole nitrogens is 1. The van der Waals surface area contributed by atoms with Crippen molar-refractivity contribution in [2.45, 2.75) is 0 Å². The Morgan fingerprint density at radius 3 is 2.88 bits per heavy atom. The van der Waals surface area contributed by atoms with E-state index in [-0.39, 0.29) is 22.3 Å². The predicted molar refractivity (Wildman–Crippen MR) is 89.4 cm³/mol. The Kier molecular flexibility index (Phi) is 3.40. The van der Waals surface area contributed by atoms with E-state index in [4.69, 9.17) is 5.26 Å². The van der Waals surface area contributed by atoms with Gasteiger partial charge in [0, 0.05) is 24.2 Å². The van der Waals surface area contributed by atoms with Crippen LogP contribution in [-0.4, -0.2) is 25.9 Å². The number of halogens is 2. The molecule has 9 heteroatoms. The first-order chi connectivity index (χ1) is 12.5. The first-order valence-electron chi connectivity index (χ1n) is 7.49. The quantitative estimate of drug-likeness (QED) is 0.579. The molecule has 0 radical (unpaired) electrons. The summed E-state index contributed by atoms with van der Waals surface area (Å²) in [7, 11) is 1.55. The zero-order valence-corrected chi connectivity index (χ0v) is 13.3. The number of fused-ring (bicyclic) bond motifs is 2. The highest BCUT2D eigenvalue weighted by Gasteiger charge is 2.22. The second-order valence-electron chi connectivity index (χ2n) is 5.65. The van der Waals surface area contributed by atoms with Gasteiger partial charge in [-0.3, -0.25) is 14.6 Å². The predicted octanol–water partition coefficient (Wildman–Crippen LogP) is 2.85. The molecule has 0 aliphatic heterocycles. The van der Waals surface area contributed by atoms with Gasteiger partial charge in [-0.1, -0.05) is 0 Å². The first-order valence-corrected chi connectivity index (χ1v) is 7.49. The van der Waals surface area contributed by atoms with Crippen LogP contribution < -0.4 is 5.32 Å². The molecule has 2 heterocycles. The van der Waals surface area contributed by atoms with E-state index in [1.807, 2.05) is 6.07 Å². The number of carbonyl (C=O) groups is 1. The number of nitrogens with zero attached hydrogens (tertiary/aromatic N) is 4. The van der Waals surface area contributed by atoms with Crippen molar-refractivity contribution in [1.82, 2.24) is 20.0 Å². The number of aryl methyl sites for hydroxylation is 1. The van der Waals surface area contributed by atoms with Crippen LogP contribution in [0.3, 0.4) is 0 Å². The maximum absolute atomic E-state index is 14.6. The van der Waals surface area contributed by atoms with Crippen LogP contribution in [0.5, 0.6) is 0 Å². The smallest absolute Gasteiger partial charge is 0.261 e. The van der Waals surface area contributed by atoms with Crippen LogP contribution in [0, 0.1) is 23.0 Å². The summed E-state index contributed by atoms with van der Waals surface area (Å²) in [5.74, 6) is -2.90. The summed E-state index contributed by atoms with van der Waals surface area (Å²) >= 11 is 0. The third-order valence-corrected chi connectivity index (χ3v) is 4.10. The molecule has 0 atom stereocenters. The Hall–Kier alpha value is -3.80. The average molecular weight is 352 g/mol. The minimum Gasteiger partial charge on any atom is -0.322 e. The van der Waals surface area contributed by atoms with E-state index in [0.717, 1.165) is 6.07 Å². The maximum Gasteiger partial charge on any atom is 0.261 e. The lowest BCUT2D eigenvalue weighted by Gasteiger charge is -2.08. The molecule has 0 bridgehead atoms.